The maximum absolute atomic E-state index is 12.0. The van der Waals surface area contributed by atoms with Gasteiger partial charge >= 0.3 is 0 Å². The van der Waals surface area contributed by atoms with Crippen LogP contribution in [0.1, 0.15) is 16.6 Å². The van der Waals surface area contributed by atoms with E-state index >= 15 is 0 Å². The molecule has 0 aliphatic heterocycles. The lowest BCUT2D eigenvalue weighted by Gasteiger charge is -2.17. The van der Waals surface area contributed by atoms with Gasteiger partial charge in [-0.3, -0.25) is 4.79 Å². The zero-order valence-corrected chi connectivity index (χ0v) is 12.3. The van der Waals surface area contributed by atoms with Crippen LogP contribution in [0.5, 0.6) is 0 Å². The topological polar surface area (TPSA) is 20.3 Å². The monoisotopic (exact) mass is 351 g/mol. The summed E-state index contributed by atoms with van der Waals surface area (Å²) in [6.07, 6.45) is 1.74. The standard InChI is InChI=1S/C10H11Br2NOS/c1-3-5-13(4-2)10(14)8-6-7(11)9(12)15-8/h3,6H,1,4-5H2,2H3. The molecule has 0 fully saturated rings. The molecule has 82 valence electrons. The minimum atomic E-state index is 0.0498. The minimum absolute atomic E-state index is 0.0498. The summed E-state index contributed by atoms with van der Waals surface area (Å²) in [5.74, 6) is 0.0498. The average molecular weight is 353 g/mol. The van der Waals surface area contributed by atoms with Crippen LogP contribution in [0.2, 0.25) is 0 Å². The molecule has 1 aromatic heterocycles. The molecule has 1 aromatic rings. The largest absolute Gasteiger partial charge is 0.335 e. The summed E-state index contributed by atoms with van der Waals surface area (Å²) < 4.78 is 1.87. The Balaban J connectivity index is 2.87. The van der Waals surface area contributed by atoms with Crippen molar-refractivity contribution in [3.05, 3.63) is 31.9 Å². The molecule has 1 amide bonds. The summed E-state index contributed by atoms with van der Waals surface area (Å²) in [6.45, 7) is 6.87. The molecule has 1 heterocycles. The molecule has 0 saturated heterocycles. The van der Waals surface area contributed by atoms with Gasteiger partial charge in [-0.25, -0.2) is 0 Å². The van der Waals surface area contributed by atoms with Gasteiger partial charge in [0.05, 0.1) is 8.66 Å². The number of amides is 1. The highest BCUT2D eigenvalue weighted by atomic mass is 79.9. The Hall–Kier alpha value is -0.130. The van der Waals surface area contributed by atoms with Crippen LogP contribution in [-0.4, -0.2) is 23.9 Å². The number of likely N-dealkylation sites (N-methyl/N-ethyl adjacent to an activating group) is 1. The molecule has 1 rings (SSSR count). The van der Waals surface area contributed by atoms with Crippen LogP contribution < -0.4 is 0 Å². The van der Waals surface area contributed by atoms with E-state index in [2.05, 4.69) is 38.4 Å². The maximum atomic E-state index is 12.0. The molecule has 0 unspecified atom stereocenters. The van der Waals surface area contributed by atoms with E-state index in [0.717, 1.165) is 13.1 Å². The van der Waals surface area contributed by atoms with Gasteiger partial charge < -0.3 is 4.90 Å². The summed E-state index contributed by atoms with van der Waals surface area (Å²) in [5.41, 5.74) is 0. The number of hydrogen-bond donors (Lipinski definition) is 0. The van der Waals surface area contributed by atoms with Gasteiger partial charge in [0, 0.05) is 17.6 Å². The molecular weight excluding hydrogens is 342 g/mol. The number of carbonyl (C=O) groups is 1. The molecule has 2 nitrogen and oxygen atoms in total. The van der Waals surface area contributed by atoms with E-state index in [9.17, 15) is 4.79 Å². The molecule has 0 N–H and O–H groups in total. The molecule has 0 aromatic carbocycles. The Kier molecular flexibility index (Phi) is 5.02. The lowest BCUT2D eigenvalue weighted by atomic mass is 10.4. The van der Waals surface area contributed by atoms with Crippen LogP contribution in [0.3, 0.4) is 0 Å². The quantitative estimate of drug-likeness (QED) is 0.752. The van der Waals surface area contributed by atoms with Crippen molar-refractivity contribution in [3.8, 4) is 0 Å². The highest BCUT2D eigenvalue weighted by Gasteiger charge is 2.16. The number of carbonyl (C=O) groups excluding carboxylic acids is 1. The second-order valence-electron chi connectivity index (χ2n) is 2.86. The fraction of sp³-hybridized carbons (Fsp3) is 0.300. The van der Waals surface area contributed by atoms with Gasteiger partial charge in [-0.15, -0.1) is 17.9 Å². The number of rotatable bonds is 4. The first-order valence-corrected chi connectivity index (χ1v) is 6.85. The van der Waals surface area contributed by atoms with Crippen molar-refractivity contribution in [1.29, 1.82) is 0 Å². The van der Waals surface area contributed by atoms with E-state index < -0.39 is 0 Å². The molecule has 0 spiro atoms. The third kappa shape index (κ3) is 3.16. The molecular formula is C10H11Br2NOS. The Morgan fingerprint density at radius 2 is 2.33 bits per heavy atom. The van der Waals surface area contributed by atoms with E-state index in [1.807, 2.05) is 13.0 Å². The predicted molar refractivity (Wildman–Crippen MR) is 71.5 cm³/mol. The molecule has 0 radical (unpaired) electrons. The van der Waals surface area contributed by atoms with Gasteiger partial charge in [-0.05, 0) is 44.8 Å². The van der Waals surface area contributed by atoms with Crippen molar-refractivity contribution < 1.29 is 4.79 Å². The van der Waals surface area contributed by atoms with Crippen LogP contribution in [0.15, 0.2) is 27.0 Å². The number of hydrogen-bond acceptors (Lipinski definition) is 2. The van der Waals surface area contributed by atoms with Gasteiger partial charge in [0.15, 0.2) is 0 Å². The van der Waals surface area contributed by atoms with E-state index in [4.69, 9.17) is 0 Å². The van der Waals surface area contributed by atoms with Gasteiger partial charge in [0.2, 0.25) is 0 Å². The zero-order chi connectivity index (χ0) is 11.4. The first-order chi connectivity index (χ1) is 7.10. The van der Waals surface area contributed by atoms with Crippen molar-refractivity contribution in [2.45, 2.75) is 6.92 Å². The van der Waals surface area contributed by atoms with Crippen LogP contribution in [0, 0.1) is 0 Å². The Morgan fingerprint density at radius 1 is 1.67 bits per heavy atom. The van der Waals surface area contributed by atoms with Crippen LogP contribution in [0.25, 0.3) is 0 Å². The molecule has 5 heteroatoms. The summed E-state index contributed by atoms with van der Waals surface area (Å²) in [5, 5.41) is 0. The fourth-order valence-electron chi connectivity index (χ4n) is 1.12. The highest BCUT2D eigenvalue weighted by Crippen LogP contribution is 2.32. The third-order valence-electron chi connectivity index (χ3n) is 1.87. The van der Waals surface area contributed by atoms with Crippen molar-refractivity contribution in [2.75, 3.05) is 13.1 Å². The van der Waals surface area contributed by atoms with Crippen LogP contribution in [0.4, 0.5) is 0 Å². The van der Waals surface area contributed by atoms with E-state index in [1.54, 1.807) is 11.0 Å². The average Bonchev–Trinajstić information content (AvgIpc) is 2.55. The SMILES string of the molecule is C=CCN(CC)C(=O)c1cc(Br)c(Br)s1. The third-order valence-corrected chi connectivity index (χ3v) is 5.12. The maximum Gasteiger partial charge on any atom is 0.264 e. The summed E-state index contributed by atoms with van der Waals surface area (Å²) in [4.78, 5) is 14.5. The zero-order valence-electron chi connectivity index (χ0n) is 8.30. The van der Waals surface area contributed by atoms with Crippen LogP contribution in [-0.2, 0) is 0 Å². The van der Waals surface area contributed by atoms with Gasteiger partial charge in [0.25, 0.3) is 5.91 Å². The van der Waals surface area contributed by atoms with Gasteiger partial charge in [-0.1, -0.05) is 6.08 Å². The first kappa shape index (κ1) is 12.9. The molecule has 0 aliphatic carbocycles. The molecule has 0 atom stereocenters. The lowest BCUT2D eigenvalue weighted by molar-refractivity contribution is 0.0787. The highest BCUT2D eigenvalue weighted by molar-refractivity contribution is 9.13. The van der Waals surface area contributed by atoms with Crippen molar-refractivity contribution in [2.24, 2.45) is 0 Å². The van der Waals surface area contributed by atoms with Gasteiger partial charge in [-0.2, -0.15) is 0 Å². The first-order valence-electron chi connectivity index (χ1n) is 4.45. The predicted octanol–water partition coefficient (Wildman–Crippen LogP) is 3.92. The summed E-state index contributed by atoms with van der Waals surface area (Å²) in [6, 6.07) is 1.84. The van der Waals surface area contributed by atoms with E-state index in [1.165, 1.54) is 11.3 Å². The van der Waals surface area contributed by atoms with E-state index in [-0.39, 0.29) is 5.91 Å². The molecule has 0 aliphatic rings. The smallest absolute Gasteiger partial charge is 0.264 e. The number of thiophene rings is 1. The van der Waals surface area contributed by atoms with E-state index in [0.29, 0.717) is 13.1 Å². The summed E-state index contributed by atoms with van der Waals surface area (Å²) in [7, 11) is 0. The Bertz CT molecular complexity index is 356. The van der Waals surface area contributed by atoms with Crippen LogP contribution >= 0.6 is 43.2 Å². The Labute approximate surface area is 110 Å². The van der Waals surface area contributed by atoms with Gasteiger partial charge in [0.1, 0.15) is 0 Å². The number of nitrogens with zero attached hydrogens (tertiary/aromatic N) is 1. The number of halogens is 2. The second kappa shape index (κ2) is 5.82. The van der Waals surface area contributed by atoms with Crippen molar-refractivity contribution >= 4 is 49.1 Å². The second-order valence-corrected chi connectivity index (χ2v) is 6.09. The molecule has 0 bridgehead atoms. The van der Waals surface area contributed by atoms with Crippen molar-refractivity contribution in [3.63, 3.8) is 0 Å². The molecule has 15 heavy (non-hydrogen) atoms. The lowest BCUT2D eigenvalue weighted by Crippen LogP contribution is -2.30. The minimum Gasteiger partial charge on any atom is -0.335 e. The fourth-order valence-corrected chi connectivity index (χ4v) is 3.12. The molecule has 0 saturated carbocycles. The normalized spacial score (nSPS) is 10.1. The summed E-state index contributed by atoms with van der Waals surface area (Å²) >= 11 is 8.18. The Morgan fingerprint density at radius 3 is 2.73 bits per heavy atom. The van der Waals surface area contributed by atoms with Crippen molar-refractivity contribution in [1.82, 2.24) is 4.90 Å².